The van der Waals surface area contributed by atoms with Crippen LogP contribution in [0.25, 0.3) is 0 Å². The molecule has 1 nitrogen and oxygen atoms in total. The number of hydrogen-bond donors (Lipinski definition) is 1. The zero-order chi connectivity index (χ0) is 12.8. The van der Waals surface area contributed by atoms with Gasteiger partial charge in [-0.15, -0.1) is 0 Å². The Morgan fingerprint density at radius 2 is 1.88 bits per heavy atom. The Bertz CT molecular complexity index is 350. The van der Waals surface area contributed by atoms with Crippen LogP contribution in [0.5, 0.6) is 0 Å². The van der Waals surface area contributed by atoms with Crippen LogP contribution in [-0.2, 0) is 6.42 Å². The Balaban J connectivity index is 2.45. The third-order valence-corrected chi connectivity index (χ3v) is 2.79. The van der Waals surface area contributed by atoms with Crippen molar-refractivity contribution in [1.82, 2.24) is 5.32 Å². The average Bonchev–Trinajstić information content (AvgIpc) is 2.24. The lowest BCUT2D eigenvalue weighted by Crippen LogP contribution is -2.25. The first-order valence-corrected chi connectivity index (χ1v) is 6.17. The van der Waals surface area contributed by atoms with Crippen molar-refractivity contribution >= 4 is 0 Å². The molecule has 1 N–H and O–H groups in total. The van der Waals surface area contributed by atoms with Crippen LogP contribution in [0, 0.1) is 17.6 Å². The second-order valence-corrected chi connectivity index (χ2v) is 4.92. The summed E-state index contributed by atoms with van der Waals surface area (Å²) in [6, 6.07) is 4.84. The molecule has 0 aliphatic rings. The number of hydrogen-bond acceptors (Lipinski definition) is 1. The van der Waals surface area contributed by atoms with E-state index >= 15 is 0 Å². The van der Waals surface area contributed by atoms with Crippen LogP contribution in [0.4, 0.5) is 8.78 Å². The van der Waals surface area contributed by atoms with Crippen molar-refractivity contribution in [3.63, 3.8) is 0 Å². The predicted octanol–water partition coefficient (Wildman–Crippen LogP) is 3.53. The summed E-state index contributed by atoms with van der Waals surface area (Å²) in [6.07, 6.45) is 1.55. The monoisotopic (exact) mass is 241 g/mol. The molecule has 0 aromatic heterocycles. The maximum Gasteiger partial charge on any atom is 0.162 e. The first kappa shape index (κ1) is 14.1. The molecule has 0 aliphatic carbocycles. The van der Waals surface area contributed by atoms with Gasteiger partial charge in [0.05, 0.1) is 0 Å². The van der Waals surface area contributed by atoms with Gasteiger partial charge in [0.2, 0.25) is 0 Å². The summed E-state index contributed by atoms with van der Waals surface area (Å²) in [6.45, 7) is 7.16. The van der Waals surface area contributed by atoms with Crippen LogP contribution in [0.15, 0.2) is 18.2 Å². The molecule has 0 saturated carbocycles. The third-order valence-electron chi connectivity index (χ3n) is 2.79. The van der Waals surface area contributed by atoms with Gasteiger partial charge in [-0.1, -0.05) is 32.9 Å². The van der Waals surface area contributed by atoms with Gasteiger partial charge in [0.25, 0.3) is 0 Å². The molecule has 1 unspecified atom stereocenters. The minimum atomic E-state index is -0.755. The molecular weight excluding hydrogens is 220 g/mol. The van der Waals surface area contributed by atoms with E-state index in [4.69, 9.17) is 0 Å². The van der Waals surface area contributed by atoms with Gasteiger partial charge in [-0.05, 0) is 36.9 Å². The standard InChI is InChI=1S/C14H21F2N/c1-10(2)17-8-7-11(3)9-12-5-4-6-13(15)14(12)16/h4-6,10-11,17H,7-9H2,1-3H3. The predicted molar refractivity (Wildman–Crippen MR) is 67.0 cm³/mol. The smallest absolute Gasteiger partial charge is 0.162 e. The van der Waals surface area contributed by atoms with Crippen molar-refractivity contribution in [3.05, 3.63) is 35.4 Å². The van der Waals surface area contributed by atoms with Gasteiger partial charge < -0.3 is 5.32 Å². The molecule has 0 radical (unpaired) electrons. The Hall–Kier alpha value is -0.960. The maximum atomic E-state index is 13.4. The fourth-order valence-electron chi connectivity index (χ4n) is 1.80. The highest BCUT2D eigenvalue weighted by atomic mass is 19.2. The zero-order valence-corrected chi connectivity index (χ0v) is 10.8. The van der Waals surface area contributed by atoms with Crippen molar-refractivity contribution in [2.75, 3.05) is 6.54 Å². The summed E-state index contributed by atoms with van der Waals surface area (Å²) in [5.74, 6) is -1.11. The number of nitrogens with one attached hydrogen (secondary N) is 1. The van der Waals surface area contributed by atoms with Gasteiger partial charge in [0, 0.05) is 6.04 Å². The Labute approximate surface area is 102 Å². The highest BCUT2D eigenvalue weighted by Crippen LogP contribution is 2.17. The van der Waals surface area contributed by atoms with Gasteiger partial charge in [0.1, 0.15) is 0 Å². The van der Waals surface area contributed by atoms with Crippen molar-refractivity contribution in [2.24, 2.45) is 5.92 Å². The molecule has 0 amide bonds. The highest BCUT2D eigenvalue weighted by molar-refractivity contribution is 5.19. The summed E-state index contributed by atoms with van der Waals surface area (Å²) < 4.78 is 26.4. The fraction of sp³-hybridized carbons (Fsp3) is 0.571. The van der Waals surface area contributed by atoms with E-state index in [0.29, 0.717) is 23.9 Å². The summed E-state index contributed by atoms with van der Waals surface area (Å²) in [4.78, 5) is 0. The molecule has 1 aromatic rings. The zero-order valence-electron chi connectivity index (χ0n) is 10.8. The molecule has 0 aliphatic heterocycles. The van der Waals surface area contributed by atoms with Gasteiger partial charge in [-0.2, -0.15) is 0 Å². The summed E-state index contributed by atoms with van der Waals surface area (Å²) in [5.41, 5.74) is 0.474. The van der Waals surface area contributed by atoms with Crippen molar-refractivity contribution in [3.8, 4) is 0 Å². The topological polar surface area (TPSA) is 12.0 Å². The fourth-order valence-corrected chi connectivity index (χ4v) is 1.80. The summed E-state index contributed by atoms with van der Waals surface area (Å²) in [7, 11) is 0. The van der Waals surface area contributed by atoms with Gasteiger partial charge in [-0.25, -0.2) is 8.78 Å². The molecule has 17 heavy (non-hydrogen) atoms. The highest BCUT2D eigenvalue weighted by Gasteiger charge is 2.11. The molecule has 96 valence electrons. The second-order valence-electron chi connectivity index (χ2n) is 4.92. The van der Waals surface area contributed by atoms with E-state index in [2.05, 4.69) is 26.1 Å². The molecule has 0 fully saturated rings. The summed E-state index contributed by atoms with van der Waals surface area (Å²) in [5, 5.41) is 3.32. The maximum absolute atomic E-state index is 13.4. The lowest BCUT2D eigenvalue weighted by molar-refractivity contribution is 0.454. The Morgan fingerprint density at radius 3 is 2.53 bits per heavy atom. The normalized spacial score (nSPS) is 13.1. The van der Waals surface area contributed by atoms with Crippen LogP contribution in [0.3, 0.4) is 0 Å². The molecule has 0 bridgehead atoms. The van der Waals surface area contributed by atoms with E-state index in [1.807, 2.05) is 0 Å². The van der Waals surface area contributed by atoms with Crippen molar-refractivity contribution in [1.29, 1.82) is 0 Å². The molecule has 3 heteroatoms. The SMILES string of the molecule is CC(CCNC(C)C)Cc1cccc(F)c1F. The third kappa shape index (κ3) is 4.82. The minimum absolute atomic E-state index is 0.345. The minimum Gasteiger partial charge on any atom is -0.315 e. The molecule has 0 saturated heterocycles. The lowest BCUT2D eigenvalue weighted by atomic mass is 9.97. The number of halogens is 2. The van der Waals surface area contributed by atoms with Gasteiger partial charge >= 0.3 is 0 Å². The first-order chi connectivity index (χ1) is 8.00. The molecule has 1 atom stereocenters. The number of benzene rings is 1. The van der Waals surface area contributed by atoms with Crippen molar-refractivity contribution < 1.29 is 8.78 Å². The van der Waals surface area contributed by atoms with Crippen molar-refractivity contribution in [2.45, 2.75) is 39.7 Å². The first-order valence-electron chi connectivity index (χ1n) is 6.17. The molecule has 1 aromatic carbocycles. The Kier molecular flexibility index (Phi) is 5.56. The molecule has 1 rings (SSSR count). The molecule has 0 spiro atoms. The van der Waals surface area contributed by atoms with E-state index in [0.717, 1.165) is 19.0 Å². The van der Waals surface area contributed by atoms with E-state index in [9.17, 15) is 8.78 Å². The van der Waals surface area contributed by atoms with E-state index in [1.54, 1.807) is 12.1 Å². The Morgan fingerprint density at radius 1 is 1.18 bits per heavy atom. The van der Waals surface area contributed by atoms with Crippen LogP contribution in [0.2, 0.25) is 0 Å². The second kappa shape index (κ2) is 6.70. The quantitative estimate of drug-likeness (QED) is 0.803. The van der Waals surface area contributed by atoms with Gasteiger partial charge in [-0.3, -0.25) is 0 Å². The van der Waals surface area contributed by atoms with Gasteiger partial charge in [0.15, 0.2) is 11.6 Å². The van der Waals surface area contributed by atoms with Crippen LogP contribution in [0.1, 0.15) is 32.8 Å². The largest absolute Gasteiger partial charge is 0.315 e. The van der Waals surface area contributed by atoms with Crippen LogP contribution < -0.4 is 5.32 Å². The van der Waals surface area contributed by atoms with E-state index in [1.165, 1.54) is 0 Å². The lowest BCUT2D eigenvalue weighted by Gasteiger charge is -2.14. The van der Waals surface area contributed by atoms with E-state index in [-0.39, 0.29) is 0 Å². The van der Waals surface area contributed by atoms with Crippen LogP contribution >= 0.6 is 0 Å². The van der Waals surface area contributed by atoms with E-state index < -0.39 is 11.6 Å². The number of rotatable bonds is 6. The molecule has 0 heterocycles. The molecular formula is C14H21F2N. The van der Waals surface area contributed by atoms with Crippen LogP contribution in [-0.4, -0.2) is 12.6 Å². The summed E-state index contributed by atoms with van der Waals surface area (Å²) >= 11 is 0. The average molecular weight is 241 g/mol.